The van der Waals surface area contributed by atoms with Gasteiger partial charge in [0.05, 0.1) is 12.4 Å². The first-order chi connectivity index (χ1) is 9.90. The Morgan fingerprint density at radius 1 is 1.14 bits per heavy atom. The van der Waals surface area contributed by atoms with Gasteiger partial charge >= 0.3 is 0 Å². The molecule has 4 N–H and O–H groups in total. The lowest BCUT2D eigenvalue weighted by Gasteiger charge is -2.19. The predicted molar refractivity (Wildman–Crippen MR) is 82.9 cm³/mol. The highest BCUT2D eigenvalue weighted by Gasteiger charge is 2.14. The average molecular weight is 285 g/mol. The molecular formula is C15H19N5O. The summed E-state index contributed by atoms with van der Waals surface area (Å²) in [5.41, 5.74) is 4.55. The molecule has 0 spiro atoms. The van der Waals surface area contributed by atoms with Gasteiger partial charge in [-0.25, -0.2) is 10.8 Å². The van der Waals surface area contributed by atoms with Gasteiger partial charge in [0.15, 0.2) is 5.82 Å². The third-order valence-corrected chi connectivity index (χ3v) is 3.02. The minimum absolute atomic E-state index is 0.0785. The minimum atomic E-state index is -0.330. The lowest BCUT2D eigenvalue weighted by molar-refractivity contribution is 0.102. The molecule has 1 aromatic heterocycles. The zero-order valence-corrected chi connectivity index (χ0v) is 12.3. The highest BCUT2D eigenvalue weighted by atomic mass is 16.1. The van der Waals surface area contributed by atoms with Crippen molar-refractivity contribution in [3.8, 4) is 0 Å². The Morgan fingerprint density at radius 3 is 2.38 bits per heavy atom. The maximum atomic E-state index is 12.1. The Balaban J connectivity index is 2.12. The first-order valence-electron chi connectivity index (χ1n) is 6.61. The Morgan fingerprint density at radius 2 is 1.81 bits per heavy atom. The number of aromatic nitrogens is 2. The van der Waals surface area contributed by atoms with Gasteiger partial charge in [-0.3, -0.25) is 9.78 Å². The number of hydrazine groups is 1. The van der Waals surface area contributed by atoms with Gasteiger partial charge in [0.1, 0.15) is 5.69 Å². The smallest absolute Gasteiger partial charge is 0.275 e. The fourth-order valence-electron chi connectivity index (χ4n) is 1.79. The highest BCUT2D eigenvalue weighted by molar-refractivity contribution is 6.02. The topological polar surface area (TPSA) is 92.9 Å². The first-order valence-corrected chi connectivity index (χ1v) is 6.61. The number of carbonyl (C=O) groups excluding carboxylic acids is 1. The molecule has 21 heavy (non-hydrogen) atoms. The lowest BCUT2D eigenvalue weighted by atomic mass is 9.87. The second-order valence-corrected chi connectivity index (χ2v) is 5.72. The first kappa shape index (κ1) is 14.9. The molecule has 0 saturated carbocycles. The SMILES string of the molecule is CC(C)(C)c1ccc(NC(=O)c2cncc(NN)n2)cc1. The van der Waals surface area contributed by atoms with Crippen LogP contribution in [0.25, 0.3) is 0 Å². The number of hydrogen-bond acceptors (Lipinski definition) is 5. The van der Waals surface area contributed by atoms with Crippen molar-refractivity contribution in [3.63, 3.8) is 0 Å². The number of rotatable bonds is 3. The number of nitrogens with zero attached hydrogens (tertiary/aromatic N) is 2. The van der Waals surface area contributed by atoms with Crippen molar-refractivity contribution in [1.29, 1.82) is 0 Å². The summed E-state index contributed by atoms with van der Waals surface area (Å²) >= 11 is 0. The molecule has 0 aliphatic heterocycles. The fraction of sp³-hybridized carbons (Fsp3) is 0.267. The summed E-state index contributed by atoms with van der Waals surface area (Å²) in [4.78, 5) is 20.0. The molecule has 0 aliphatic rings. The Hall–Kier alpha value is -2.47. The van der Waals surface area contributed by atoms with Crippen LogP contribution in [-0.4, -0.2) is 15.9 Å². The number of nitrogens with two attached hydrogens (primary N) is 1. The van der Waals surface area contributed by atoms with Crippen molar-refractivity contribution in [3.05, 3.63) is 47.9 Å². The molecule has 110 valence electrons. The van der Waals surface area contributed by atoms with E-state index >= 15 is 0 Å². The number of benzene rings is 1. The van der Waals surface area contributed by atoms with E-state index in [1.165, 1.54) is 18.0 Å². The lowest BCUT2D eigenvalue weighted by Crippen LogP contribution is -2.17. The van der Waals surface area contributed by atoms with Crippen molar-refractivity contribution in [2.75, 3.05) is 10.7 Å². The molecule has 0 fully saturated rings. The van der Waals surface area contributed by atoms with Gasteiger partial charge in [-0.1, -0.05) is 32.9 Å². The van der Waals surface area contributed by atoms with E-state index < -0.39 is 0 Å². The van der Waals surface area contributed by atoms with E-state index in [1.54, 1.807) is 0 Å². The van der Waals surface area contributed by atoms with Crippen LogP contribution >= 0.6 is 0 Å². The molecule has 0 radical (unpaired) electrons. The summed E-state index contributed by atoms with van der Waals surface area (Å²) < 4.78 is 0. The van der Waals surface area contributed by atoms with Crippen LogP contribution in [0.15, 0.2) is 36.7 Å². The normalized spacial score (nSPS) is 11.0. The molecule has 6 heteroatoms. The van der Waals surface area contributed by atoms with Crippen LogP contribution in [0, 0.1) is 0 Å². The second-order valence-electron chi connectivity index (χ2n) is 5.72. The molecule has 1 heterocycles. The van der Waals surface area contributed by atoms with Gasteiger partial charge < -0.3 is 10.7 Å². The van der Waals surface area contributed by atoms with E-state index in [9.17, 15) is 4.79 Å². The number of amides is 1. The van der Waals surface area contributed by atoms with Crippen molar-refractivity contribution in [2.45, 2.75) is 26.2 Å². The summed E-state index contributed by atoms with van der Waals surface area (Å²) in [5, 5.41) is 2.78. The van der Waals surface area contributed by atoms with Gasteiger partial charge in [-0.05, 0) is 23.1 Å². The molecule has 0 bridgehead atoms. The zero-order valence-electron chi connectivity index (χ0n) is 12.3. The van der Waals surface area contributed by atoms with Crippen LogP contribution < -0.4 is 16.6 Å². The summed E-state index contributed by atoms with van der Waals surface area (Å²) in [6.07, 6.45) is 2.83. The largest absolute Gasteiger partial charge is 0.321 e. The monoisotopic (exact) mass is 285 g/mol. The van der Waals surface area contributed by atoms with Crippen molar-refractivity contribution < 1.29 is 4.79 Å². The Labute approximate surface area is 123 Å². The second kappa shape index (κ2) is 5.88. The molecule has 1 amide bonds. The van der Waals surface area contributed by atoms with Crippen molar-refractivity contribution in [2.24, 2.45) is 5.84 Å². The molecule has 6 nitrogen and oxygen atoms in total. The van der Waals surface area contributed by atoms with Crippen LogP contribution in [0.5, 0.6) is 0 Å². The Kier molecular flexibility index (Phi) is 4.18. The van der Waals surface area contributed by atoms with E-state index in [1.807, 2.05) is 24.3 Å². The molecule has 0 atom stereocenters. The Bertz CT molecular complexity index is 631. The van der Waals surface area contributed by atoms with Gasteiger partial charge in [-0.15, -0.1) is 0 Å². The predicted octanol–water partition coefficient (Wildman–Crippen LogP) is 2.31. The van der Waals surface area contributed by atoms with E-state index in [2.05, 4.69) is 41.5 Å². The van der Waals surface area contributed by atoms with Crippen LogP contribution in [0.3, 0.4) is 0 Å². The van der Waals surface area contributed by atoms with E-state index in [-0.39, 0.29) is 17.0 Å². The zero-order chi connectivity index (χ0) is 15.5. The molecule has 2 aromatic rings. The van der Waals surface area contributed by atoms with E-state index in [4.69, 9.17) is 5.84 Å². The minimum Gasteiger partial charge on any atom is -0.321 e. The molecule has 0 aliphatic carbocycles. The standard InChI is InChI=1S/C15H19N5O/c1-15(2,3)10-4-6-11(7-5-10)18-14(21)12-8-17-9-13(19-12)20-16/h4-9H,16H2,1-3H3,(H,18,21)(H,19,20). The van der Waals surface area contributed by atoms with Gasteiger partial charge in [0.2, 0.25) is 0 Å². The summed E-state index contributed by atoms with van der Waals surface area (Å²) in [6.45, 7) is 6.42. The van der Waals surface area contributed by atoms with E-state index in [0.717, 1.165) is 0 Å². The molecule has 0 unspecified atom stereocenters. The van der Waals surface area contributed by atoms with Crippen LogP contribution in [0.2, 0.25) is 0 Å². The van der Waals surface area contributed by atoms with Crippen LogP contribution in [-0.2, 0) is 5.41 Å². The highest BCUT2D eigenvalue weighted by Crippen LogP contribution is 2.23. The number of nitrogen functional groups attached to an aromatic ring is 1. The fourth-order valence-corrected chi connectivity index (χ4v) is 1.79. The van der Waals surface area contributed by atoms with E-state index in [0.29, 0.717) is 11.5 Å². The number of hydrogen-bond donors (Lipinski definition) is 3. The number of anilines is 2. The van der Waals surface area contributed by atoms with Crippen LogP contribution in [0.4, 0.5) is 11.5 Å². The summed E-state index contributed by atoms with van der Waals surface area (Å²) in [5.74, 6) is 5.25. The quantitative estimate of drug-likeness (QED) is 0.594. The maximum absolute atomic E-state index is 12.1. The molecular weight excluding hydrogens is 266 g/mol. The molecule has 1 aromatic carbocycles. The van der Waals surface area contributed by atoms with Gasteiger partial charge in [0.25, 0.3) is 5.91 Å². The third-order valence-electron chi connectivity index (χ3n) is 3.02. The maximum Gasteiger partial charge on any atom is 0.275 e. The summed E-state index contributed by atoms with van der Waals surface area (Å²) in [7, 11) is 0. The number of nitrogens with one attached hydrogen (secondary N) is 2. The molecule has 2 rings (SSSR count). The third kappa shape index (κ3) is 3.76. The number of carbonyl (C=O) groups is 1. The van der Waals surface area contributed by atoms with Crippen LogP contribution in [0.1, 0.15) is 36.8 Å². The average Bonchev–Trinajstić information content (AvgIpc) is 2.47. The van der Waals surface area contributed by atoms with Crippen molar-refractivity contribution in [1.82, 2.24) is 9.97 Å². The molecule has 0 saturated heterocycles. The van der Waals surface area contributed by atoms with Gasteiger partial charge in [-0.2, -0.15) is 0 Å². The van der Waals surface area contributed by atoms with Crippen molar-refractivity contribution >= 4 is 17.4 Å². The van der Waals surface area contributed by atoms with Gasteiger partial charge in [0, 0.05) is 5.69 Å². The summed E-state index contributed by atoms with van der Waals surface area (Å²) in [6, 6.07) is 7.74.